The van der Waals surface area contributed by atoms with Crippen molar-refractivity contribution in [2.75, 3.05) is 39.8 Å². The molecule has 210 valence electrons. The van der Waals surface area contributed by atoms with Gasteiger partial charge in [-0.05, 0) is 54.0 Å². The van der Waals surface area contributed by atoms with Crippen LogP contribution in [0.15, 0.2) is 72.8 Å². The molecule has 2 amide bonds. The van der Waals surface area contributed by atoms with Crippen molar-refractivity contribution in [2.45, 2.75) is 56.5 Å². The van der Waals surface area contributed by atoms with Gasteiger partial charge in [0.25, 0.3) is 5.91 Å². The van der Waals surface area contributed by atoms with Crippen molar-refractivity contribution in [3.63, 3.8) is 0 Å². The summed E-state index contributed by atoms with van der Waals surface area (Å²) in [6.45, 7) is 4.10. The fourth-order valence-electron chi connectivity index (χ4n) is 7.42. The van der Waals surface area contributed by atoms with Gasteiger partial charge in [-0.2, -0.15) is 0 Å². The highest BCUT2D eigenvalue weighted by Gasteiger charge is 2.42. The lowest BCUT2D eigenvalue weighted by atomic mass is 9.91. The first-order valence-electron chi connectivity index (χ1n) is 15.0. The van der Waals surface area contributed by atoms with Crippen molar-refractivity contribution < 1.29 is 14.3 Å². The molecule has 2 heterocycles. The molecule has 0 spiro atoms. The summed E-state index contributed by atoms with van der Waals surface area (Å²) in [4.78, 5) is 33.4. The maximum atomic E-state index is 13.9. The van der Waals surface area contributed by atoms with Crippen molar-refractivity contribution in [2.24, 2.45) is 5.92 Å². The molecule has 3 aromatic carbocycles. The molecule has 3 aromatic rings. The van der Waals surface area contributed by atoms with Crippen LogP contribution < -0.4 is 0 Å². The smallest absolute Gasteiger partial charge is 0.409 e. The number of hydrogen-bond acceptors (Lipinski definition) is 4. The zero-order valence-electron chi connectivity index (χ0n) is 23.6. The van der Waals surface area contributed by atoms with Gasteiger partial charge in [0.2, 0.25) is 0 Å². The van der Waals surface area contributed by atoms with Gasteiger partial charge in [0.15, 0.2) is 0 Å². The molecule has 3 fully saturated rings. The monoisotopic (exact) mass is 539 g/mol. The van der Waals surface area contributed by atoms with Crippen molar-refractivity contribution >= 4 is 22.8 Å². The Bertz CT molecular complexity index is 1310. The number of amides is 2. The van der Waals surface area contributed by atoms with E-state index in [1.54, 1.807) is 0 Å². The third kappa shape index (κ3) is 5.46. The van der Waals surface area contributed by atoms with Crippen LogP contribution >= 0.6 is 0 Å². The number of nitrogens with zero attached hydrogens (tertiary/aromatic N) is 3. The van der Waals surface area contributed by atoms with Crippen LogP contribution in [-0.4, -0.2) is 78.6 Å². The summed E-state index contributed by atoms with van der Waals surface area (Å²) in [5.74, 6) is 0.971. The summed E-state index contributed by atoms with van der Waals surface area (Å²) in [5.41, 5.74) is 2.07. The van der Waals surface area contributed by atoms with E-state index >= 15 is 0 Å². The second-order valence-corrected chi connectivity index (χ2v) is 11.9. The van der Waals surface area contributed by atoms with Gasteiger partial charge in [-0.25, -0.2) is 4.79 Å². The van der Waals surface area contributed by atoms with Gasteiger partial charge in [0.05, 0.1) is 7.11 Å². The molecule has 6 heteroatoms. The van der Waals surface area contributed by atoms with Gasteiger partial charge in [0.1, 0.15) is 0 Å². The molecule has 0 unspecified atom stereocenters. The van der Waals surface area contributed by atoms with E-state index in [1.165, 1.54) is 38.4 Å². The summed E-state index contributed by atoms with van der Waals surface area (Å²) < 4.78 is 5.22. The quantitative estimate of drug-likeness (QED) is 0.376. The molecule has 6 nitrogen and oxygen atoms in total. The van der Waals surface area contributed by atoms with Gasteiger partial charge in [-0.3, -0.25) is 9.69 Å². The van der Waals surface area contributed by atoms with E-state index in [9.17, 15) is 9.59 Å². The number of hydrogen-bond donors (Lipinski definition) is 0. The van der Waals surface area contributed by atoms with E-state index in [1.807, 2.05) is 35.2 Å². The summed E-state index contributed by atoms with van der Waals surface area (Å²) in [6, 6.07) is 25.3. The molecular formula is C34H41N3O3. The molecule has 0 bridgehead atoms. The van der Waals surface area contributed by atoms with Crippen LogP contribution in [0.2, 0.25) is 0 Å². The molecule has 3 aliphatic rings. The van der Waals surface area contributed by atoms with E-state index in [0.717, 1.165) is 55.4 Å². The standard InChI is InChI=1S/C34H41N3O3/c1-40-34(39)37(22-25-10-5-6-11-25)28-18-20-35(21-19-28)32-24-36(23-31(32)27-12-3-2-4-13-27)33(38)30-17-9-15-26-14-7-8-16-29(26)30/h2-4,7-9,12-17,25,28,31-32H,5-6,10-11,18-24H2,1H3/t31-,32+/m0/s1. The van der Waals surface area contributed by atoms with Crippen molar-refractivity contribution in [3.05, 3.63) is 83.9 Å². The van der Waals surface area contributed by atoms with E-state index < -0.39 is 0 Å². The second-order valence-electron chi connectivity index (χ2n) is 11.9. The van der Waals surface area contributed by atoms with E-state index in [-0.39, 0.29) is 30.0 Å². The number of ether oxygens (including phenoxy) is 1. The Balaban J connectivity index is 1.19. The highest BCUT2D eigenvalue weighted by molar-refractivity contribution is 6.07. The molecule has 1 aliphatic carbocycles. The molecule has 40 heavy (non-hydrogen) atoms. The van der Waals surface area contributed by atoms with Crippen LogP contribution in [0.25, 0.3) is 10.8 Å². The number of benzene rings is 3. The van der Waals surface area contributed by atoms with Gasteiger partial charge in [-0.1, -0.05) is 79.6 Å². The number of piperidine rings is 1. The predicted molar refractivity (Wildman–Crippen MR) is 158 cm³/mol. The minimum atomic E-state index is -0.180. The Morgan fingerprint density at radius 1 is 0.850 bits per heavy atom. The van der Waals surface area contributed by atoms with Crippen LogP contribution in [0.4, 0.5) is 4.79 Å². The largest absolute Gasteiger partial charge is 0.453 e. The van der Waals surface area contributed by atoms with Crippen molar-refractivity contribution in [3.8, 4) is 0 Å². The Hall–Kier alpha value is -3.38. The Morgan fingerprint density at radius 2 is 1.55 bits per heavy atom. The normalized spacial score (nSPS) is 22.6. The van der Waals surface area contributed by atoms with Crippen LogP contribution in [-0.2, 0) is 4.74 Å². The van der Waals surface area contributed by atoms with Crippen molar-refractivity contribution in [1.29, 1.82) is 0 Å². The number of likely N-dealkylation sites (tertiary alicyclic amines) is 2. The zero-order valence-corrected chi connectivity index (χ0v) is 23.6. The van der Waals surface area contributed by atoms with E-state index in [4.69, 9.17) is 4.74 Å². The lowest BCUT2D eigenvalue weighted by molar-refractivity contribution is 0.0568. The van der Waals surface area contributed by atoms with Gasteiger partial charge >= 0.3 is 6.09 Å². The van der Waals surface area contributed by atoms with Crippen molar-refractivity contribution in [1.82, 2.24) is 14.7 Å². The highest BCUT2D eigenvalue weighted by atomic mass is 16.5. The summed E-state index contributed by atoms with van der Waals surface area (Å²) >= 11 is 0. The third-order valence-corrected chi connectivity index (χ3v) is 9.57. The molecule has 0 aromatic heterocycles. The maximum Gasteiger partial charge on any atom is 0.409 e. The Kier molecular flexibility index (Phi) is 8.05. The van der Waals surface area contributed by atoms with Crippen LogP contribution in [0.3, 0.4) is 0 Å². The molecule has 6 rings (SSSR count). The van der Waals surface area contributed by atoms with Crippen LogP contribution in [0.1, 0.15) is 60.4 Å². The van der Waals surface area contributed by atoms with E-state index in [0.29, 0.717) is 12.5 Å². The highest BCUT2D eigenvalue weighted by Crippen LogP contribution is 2.35. The first kappa shape index (κ1) is 26.8. The van der Waals surface area contributed by atoms with Gasteiger partial charge < -0.3 is 14.5 Å². The van der Waals surface area contributed by atoms with Crippen LogP contribution in [0.5, 0.6) is 0 Å². The Labute approximate surface area is 237 Å². The molecule has 2 aliphatic heterocycles. The average Bonchev–Trinajstić information content (AvgIpc) is 3.70. The first-order chi connectivity index (χ1) is 19.6. The fraction of sp³-hybridized carbons (Fsp3) is 0.471. The SMILES string of the molecule is COC(=O)N(CC1CCCC1)C1CCN([C@@H]2CN(C(=O)c3cccc4ccccc34)C[C@H]2c2ccccc2)CC1. The zero-order chi connectivity index (χ0) is 27.5. The fourth-order valence-corrected chi connectivity index (χ4v) is 7.42. The Morgan fingerprint density at radius 3 is 2.30 bits per heavy atom. The van der Waals surface area contributed by atoms with Gasteiger partial charge in [0, 0.05) is 56.3 Å². The molecular weight excluding hydrogens is 498 g/mol. The van der Waals surface area contributed by atoms with Crippen LogP contribution in [0, 0.1) is 5.92 Å². The molecule has 2 atom stereocenters. The number of fused-ring (bicyclic) bond motifs is 1. The van der Waals surface area contributed by atoms with E-state index in [2.05, 4.69) is 52.3 Å². The number of methoxy groups -OCH3 is 1. The summed E-state index contributed by atoms with van der Waals surface area (Å²) in [6.07, 6.45) is 6.68. The first-order valence-corrected chi connectivity index (χ1v) is 15.0. The lowest BCUT2D eigenvalue weighted by Crippen LogP contribution is -2.52. The minimum absolute atomic E-state index is 0.114. The second kappa shape index (κ2) is 12.0. The summed E-state index contributed by atoms with van der Waals surface area (Å²) in [7, 11) is 1.50. The molecule has 0 radical (unpaired) electrons. The average molecular weight is 540 g/mol. The molecule has 0 N–H and O–H groups in total. The molecule has 1 saturated carbocycles. The third-order valence-electron chi connectivity index (χ3n) is 9.57. The predicted octanol–water partition coefficient (Wildman–Crippen LogP) is 6.17. The number of rotatable bonds is 6. The number of carbonyl (C=O) groups excluding carboxylic acids is 2. The lowest BCUT2D eigenvalue weighted by Gasteiger charge is -2.42. The minimum Gasteiger partial charge on any atom is -0.453 e. The maximum absolute atomic E-state index is 13.9. The topological polar surface area (TPSA) is 53.1 Å². The molecule has 2 saturated heterocycles. The van der Waals surface area contributed by atoms with Gasteiger partial charge in [-0.15, -0.1) is 0 Å². The summed E-state index contributed by atoms with van der Waals surface area (Å²) in [5, 5.41) is 2.11. The number of carbonyl (C=O) groups is 2.